The van der Waals surface area contributed by atoms with Gasteiger partial charge in [0.25, 0.3) is 0 Å². The van der Waals surface area contributed by atoms with Gasteiger partial charge in [-0.15, -0.1) is 0 Å². The molecule has 0 saturated heterocycles. The van der Waals surface area contributed by atoms with Crippen molar-refractivity contribution >= 4 is 5.97 Å². The van der Waals surface area contributed by atoms with Gasteiger partial charge in [0, 0.05) is 12.0 Å². The molecule has 4 nitrogen and oxygen atoms in total. The summed E-state index contributed by atoms with van der Waals surface area (Å²) in [7, 11) is 4.14. The van der Waals surface area contributed by atoms with Crippen molar-refractivity contribution in [3.63, 3.8) is 0 Å². The molecule has 0 aromatic heterocycles. The number of carbonyl (C=O) groups excluding carboxylic acids is 1. The standard InChI is InChI=1S/C29H44NO3/c1-5-6-7-8-9-13-19-27-20-14-15-21-28(27)32-22-16-23-33-29(31)25(2)30(3,4)24-26-17-11-10-12-18-26/h10-12,14-15,17-18,20-21,25H,5-9,13,16,19,22-24H2,1-4H3/q+1. The summed E-state index contributed by atoms with van der Waals surface area (Å²) in [4.78, 5) is 12.6. The zero-order valence-electron chi connectivity index (χ0n) is 21.2. The van der Waals surface area contributed by atoms with Gasteiger partial charge in [0.05, 0.1) is 27.3 Å². The molecule has 0 fully saturated rings. The summed E-state index contributed by atoms with van der Waals surface area (Å²) >= 11 is 0. The molecular formula is C29H44NO3+. The second-order valence-corrected chi connectivity index (χ2v) is 9.59. The van der Waals surface area contributed by atoms with E-state index in [4.69, 9.17) is 9.47 Å². The molecule has 33 heavy (non-hydrogen) atoms. The maximum atomic E-state index is 12.6. The Morgan fingerprint density at radius 1 is 0.848 bits per heavy atom. The normalized spacial score (nSPS) is 12.4. The molecule has 0 aliphatic rings. The summed E-state index contributed by atoms with van der Waals surface area (Å²) in [6, 6.07) is 18.3. The number of rotatable bonds is 16. The lowest BCUT2D eigenvalue weighted by Crippen LogP contribution is -2.51. The number of esters is 1. The lowest BCUT2D eigenvalue weighted by Gasteiger charge is -2.34. The van der Waals surface area contributed by atoms with Gasteiger partial charge in [-0.2, -0.15) is 0 Å². The molecule has 0 heterocycles. The highest BCUT2D eigenvalue weighted by molar-refractivity contribution is 5.74. The van der Waals surface area contributed by atoms with Gasteiger partial charge in [0.1, 0.15) is 12.3 Å². The average Bonchev–Trinajstić information content (AvgIpc) is 2.81. The zero-order chi connectivity index (χ0) is 23.9. The van der Waals surface area contributed by atoms with E-state index in [9.17, 15) is 4.79 Å². The molecule has 0 aliphatic carbocycles. The van der Waals surface area contributed by atoms with Gasteiger partial charge >= 0.3 is 5.97 Å². The first-order valence-corrected chi connectivity index (χ1v) is 12.7. The van der Waals surface area contributed by atoms with Crippen molar-refractivity contribution in [3.05, 3.63) is 65.7 Å². The number of hydrogen-bond acceptors (Lipinski definition) is 3. The number of carbonyl (C=O) groups is 1. The van der Waals surface area contributed by atoms with Crippen LogP contribution in [0.2, 0.25) is 0 Å². The fourth-order valence-electron chi connectivity index (χ4n) is 3.96. The molecule has 2 aromatic rings. The number of aryl methyl sites for hydroxylation is 1. The SMILES string of the molecule is CCCCCCCCc1ccccc1OCCCOC(=O)C(C)[N+](C)(C)Cc1ccccc1. The van der Waals surface area contributed by atoms with Crippen LogP contribution in [0, 0.1) is 0 Å². The quantitative estimate of drug-likeness (QED) is 0.163. The van der Waals surface area contributed by atoms with Crippen LogP contribution in [0.1, 0.15) is 69.9 Å². The number of benzene rings is 2. The second kappa shape index (κ2) is 14.7. The maximum Gasteiger partial charge on any atom is 0.364 e. The molecule has 4 heteroatoms. The Balaban J connectivity index is 1.69. The molecule has 0 saturated carbocycles. The largest absolute Gasteiger partial charge is 0.493 e. The summed E-state index contributed by atoms with van der Waals surface area (Å²) in [5.41, 5.74) is 2.49. The molecule has 0 N–H and O–H groups in total. The van der Waals surface area contributed by atoms with Crippen molar-refractivity contribution in [1.82, 2.24) is 0 Å². The van der Waals surface area contributed by atoms with Crippen molar-refractivity contribution in [1.29, 1.82) is 0 Å². The van der Waals surface area contributed by atoms with Crippen LogP contribution in [-0.2, 0) is 22.5 Å². The number of likely N-dealkylation sites (N-methyl/N-ethyl adjacent to an activating group) is 1. The van der Waals surface area contributed by atoms with Gasteiger partial charge in [-0.25, -0.2) is 4.79 Å². The predicted octanol–water partition coefficient (Wildman–Crippen LogP) is 6.57. The molecule has 0 aliphatic heterocycles. The topological polar surface area (TPSA) is 35.5 Å². The molecule has 182 valence electrons. The molecule has 2 rings (SSSR count). The third-order valence-electron chi connectivity index (χ3n) is 6.39. The Morgan fingerprint density at radius 2 is 1.52 bits per heavy atom. The van der Waals surface area contributed by atoms with E-state index in [2.05, 4.69) is 45.3 Å². The third kappa shape index (κ3) is 10.00. The van der Waals surface area contributed by atoms with E-state index in [0.717, 1.165) is 18.7 Å². The van der Waals surface area contributed by atoms with Crippen LogP contribution in [0.4, 0.5) is 0 Å². The van der Waals surface area contributed by atoms with Crippen LogP contribution in [0.25, 0.3) is 0 Å². The van der Waals surface area contributed by atoms with Crippen LogP contribution in [-0.4, -0.2) is 43.8 Å². The Morgan fingerprint density at radius 3 is 2.27 bits per heavy atom. The van der Waals surface area contributed by atoms with Gasteiger partial charge in [-0.1, -0.05) is 87.6 Å². The summed E-state index contributed by atoms with van der Waals surface area (Å²) in [5, 5.41) is 0. The van der Waals surface area contributed by atoms with Crippen molar-refractivity contribution < 1.29 is 18.8 Å². The third-order valence-corrected chi connectivity index (χ3v) is 6.39. The fourth-order valence-corrected chi connectivity index (χ4v) is 3.96. The minimum atomic E-state index is -0.232. The first kappa shape index (κ1) is 26.9. The van der Waals surface area contributed by atoms with Crippen molar-refractivity contribution in [2.45, 2.75) is 77.8 Å². The molecule has 1 unspecified atom stereocenters. The van der Waals surface area contributed by atoms with Crippen LogP contribution in [0.15, 0.2) is 54.6 Å². The van der Waals surface area contributed by atoms with Crippen molar-refractivity contribution in [3.8, 4) is 5.75 Å². The van der Waals surface area contributed by atoms with Gasteiger partial charge in [-0.05, 0) is 31.4 Å². The van der Waals surface area contributed by atoms with E-state index in [1.807, 2.05) is 37.3 Å². The van der Waals surface area contributed by atoms with Crippen molar-refractivity contribution in [2.75, 3.05) is 27.3 Å². The van der Waals surface area contributed by atoms with Gasteiger partial charge < -0.3 is 14.0 Å². The summed E-state index contributed by atoms with van der Waals surface area (Å²) in [5.74, 6) is 0.811. The molecule has 0 spiro atoms. The molecule has 0 amide bonds. The fraction of sp³-hybridized carbons (Fsp3) is 0.552. The zero-order valence-corrected chi connectivity index (χ0v) is 21.2. The van der Waals surface area contributed by atoms with Gasteiger partial charge in [0.2, 0.25) is 0 Å². The first-order valence-electron chi connectivity index (χ1n) is 12.7. The molecule has 1 atom stereocenters. The van der Waals surface area contributed by atoms with Crippen molar-refractivity contribution in [2.24, 2.45) is 0 Å². The Hall–Kier alpha value is -2.33. The van der Waals surface area contributed by atoms with Crippen LogP contribution in [0.5, 0.6) is 5.75 Å². The second-order valence-electron chi connectivity index (χ2n) is 9.59. The Kier molecular flexibility index (Phi) is 12.0. The van der Waals surface area contributed by atoms with Crippen LogP contribution in [0.3, 0.4) is 0 Å². The highest BCUT2D eigenvalue weighted by Crippen LogP contribution is 2.21. The number of hydrogen-bond donors (Lipinski definition) is 0. The lowest BCUT2D eigenvalue weighted by molar-refractivity contribution is -0.917. The minimum absolute atomic E-state index is 0.153. The average molecular weight is 455 g/mol. The van der Waals surface area contributed by atoms with E-state index in [-0.39, 0.29) is 12.0 Å². The van der Waals surface area contributed by atoms with Crippen LogP contribution >= 0.6 is 0 Å². The van der Waals surface area contributed by atoms with Crippen LogP contribution < -0.4 is 4.74 Å². The van der Waals surface area contributed by atoms with E-state index in [0.29, 0.717) is 24.1 Å². The number of nitrogens with zero attached hydrogens (tertiary/aromatic N) is 1. The molecule has 0 radical (unpaired) electrons. The Bertz CT molecular complexity index is 804. The number of para-hydroxylation sites is 1. The lowest BCUT2D eigenvalue weighted by atomic mass is 10.0. The maximum absolute atomic E-state index is 12.6. The number of quaternary nitrogens is 1. The highest BCUT2D eigenvalue weighted by atomic mass is 16.5. The molecule has 0 bridgehead atoms. The molecular weight excluding hydrogens is 410 g/mol. The summed E-state index contributed by atoms with van der Waals surface area (Å²) < 4.78 is 12.2. The monoisotopic (exact) mass is 454 g/mol. The predicted molar refractivity (Wildman–Crippen MR) is 136 cm³/mol. The Labute approximate surface area is 201 Å². The highest BCUT2D eigenvalue weighted by Gasteiger charge is 2.32. The smallest absolute Gasteiger partial charge is 0.364 e. The van der Waals surface area contributed by atoms with Gasteiger partial charge in [0.15, 0.2) is 6.04 Å². The van der Waals surface area contributed by atoms with E-state index in [1.54, 1.807) is 0 Å². The van der Waals surface area contributed by atoms with Gasteiger partial charge in [-0.3, -0.25) is 0 Å². The van der Waals surface area contributed by atoms with E-state index >= 15 is 0 Å². The minimum Gasteiger partial charge on any atom is -0.493 e. The number of ether oxygens (including phenoxy) is 2. The summed E-state index contributed by atoms with van der Waals surface area (Å²) in [6.45, 7) is 5.92. The van der Waals surface area contributed by atoms with E-state index in [1.165, 1.54) is 49.7 Å². The summed E-state index contributed by atoms with van der Waals surface area (Å²) in [6.07, 6.45) is 9.52. The first-order chi connectivity index (χ1) is 15.9. The number of unbranched alkanes of at least 4 members (excludes halogenated alkanes) is 5. The van der Waals surface area contributed by atoms with E-state index < -0.39 is 0 Å². The molecule has 2 aromatic carbocycles.